The van der Waals surface area contributed by atoms with E-state index >= 15 is 0 Å². The van der Waals surface area contributed by atoms with E-state index in [1.807, 2.05) is 0 Å². The van der Waals surface area contributed by atoms with Crippen molar-refractivity contribution in [3.05, 3.63) is 47.4 Å². The van der Waals surface area contributed by atoms with Gasteiger partial charge in [-0.1, -0.05) is 6.92 Å². The second-order valence-corrected chi connectivity index (χ2v) is 6.15. The molecule has 8 heteroatoms. The number of rotatable bonds is 4. The van der Waals surface area contributed by atoms with E-state index < -0.39 is 28.9 Å². The third kappa shape index (κ3) is 2.94. The first kappa shape index (κ1) is 18.3. The number of pyridine rings is 1. The van der Waals surface area contributed by atoms with Gasteiger partial charge in [0.2, 0.25) is 0 Å². The van der Waals surface area contributed by atoms with Crippen LogP contribution in [0.1, 0.15) is 29.4 Å². The molecule has 0 aliphatic carbocycles. The summed E-state index contributed by atoms with van der Waals surface area (Å²) in [4.78, 5) is 15.6. The minimum Gasteiger partial charge on any atom is -0.490 e. The summed E-state index contributed by atoms with van der Waals surface area (Å²) >= 11 is 0. The lowest BCUT2D eigenvalue weighted by Gasteiger charge is -2.23. The summed E-state index contributed by atoms with van der Waals surface area (Å²) in [6, 6.07) is 5.98. The molecule has 1 atom stereocenters. The van der Waals surface area contributed by atoms with Crippen LogP contribution in [-0.4, -0.2) is 35.3 Å². The molecule has 0 spiro atoms. The summed E-state index contributed by atoms with van der Waals surface area (Å²) in [7, 11) is 0. The van der Waals surface area contributed by atoms with Crippen molar-refractivity contribution in [2.24, 2.45) is 0 Å². The van der Waals surface area contributed by atoms with Crippen LogP contribution < -0.4 is 4.74 Å². The van der Waals surface area contributed by atoms with Crippen molar-refractivity contribution in [3.8, 4) is 17.0 Å². The monoisotopic (exact) mass is 369 g/mol. The van der Waals surface area contributed by atoms with Crippen molar-refractivity contribution >= 4 is 5.78 Å². The standard InChI is InChI=1S/C18H15F4NO3/c1-2-17(8-24)9-26-15-12(17)7-13(16(25)18(20,21)22)23-14(15)10-3-5-11(19)6-4-10/h3-7,24H,2,8-9H2,1H3. The molecule has 2 heterocycles. The number of carbonyl (C=O) groups is 1. The highest BCUT2D eigenvalue weighted by molar-refractivity contribution is 5.99. The quantitative estimate of drug-likeness (QED) is 0.660. The van der Waals surface area contributed by atoms with Crippen LogP contribution in [0, 0.1) is 5.82 Å². The van der Waals surface area contributed by atoms with Crippen LogP contribution in [0.2, 0.25) is 0 Å². The highest BCUT2D eigenvalue weighted by Crippen LogP contribution is 2.46. The Bertz CT molecular complexity index is 843. The number of carbonyl (C=O) groups excluding carboxylic acids is 1. The predicted octanol–water partition coefficient (Wildman–Crippen LogP) is 3.67. The average Bonchev–Trinajstić information content (AvgIpc) is 2.99. The zero-order valence-corrected chi connectivity index (χ0v) is 13.7. The Labute approximate surface area is 146 Å². The number of ether oxygens (including phenoxy) is 1. The van der Waals surface area contributed by atoms with Crippen molar-refractivity contribution in [2.45, 2.75) is 24.9 Å². The number of halogens is 4. The lowest BCUT2D eigenvalue weighted by Crippen LogP contribution is -2.32. The molecule has 1 aliphatic heterocycles. The molecule has 0 bridgehead atoms. The Morgan fingerprint density at radius 2 is 1.96 bits per heavy atom. The van der Waals surface area contributed by atoms with E-state index in [1.165, 1.54) is 12.1 Å². The van der Waals surface area contributed by atoms with Gasteiger partial charge in [-0.25, -0.2) is 9.37 Å². The number of aliphatic hydroxyl groups is 1. The molecule has 1 aliphatic rings. The number of aromatic nitrogens is 1. The van der Waals surface area contributed by atoms with E-state index in [9.17, 15) is 27.5 Å². The predicted molar refractivity (Wildman–Crippen MR) is 84.6 cm³/mol. The van der Waals surface area contributed by atoms with Gasteiger partial charge in [0.15, 0.2) is 0 Å². The topological polar surface area (TPSA) is 59.4 Å². The molecule has 0 saturated carbocycles. The molecule has 4 nitrogen and oxygen atoms in total. The molecule has 26 heavy (non-hydrogen) atoms. The van der Waals surface area contributed by atoms with Gasteiger partial charge >= 0.3 is 6.18 Å². The zero-order chi connectivity index (χ0) is 19.1. The Hall–Kier alpha value is -2.48. The Kier molecular flexibility index (Phi) is 4.47. The highest BCUT2D eigenvalue weighted by atomic mass is 19.4. The first-order valence-electron chi connectivity index (χ1n) is 7.88. The molecule has 3 rings (SSSR count). The number of hydrogen-bond donors (Lipinski definition) is 1. The van der Waals surface area contributed by atoms with E-state index in [2.05, 4.69) is 4.98 Å². The second kappa shape index (κ2) is 6.35. The summed E-state index contributed by atoms with van der Waals surface area (Å²) in [6.07, 6.45) is -4.70. The summed E-state index contributed by atoms with van der Waals surface area (Å²) in [5, 5.41) is 9.79. The van der Waals surface area contributed by atoms with Crippen molar-refractivity contribution in [1.82, 2.24) is 4.98 Å². The van der Waals surface area contributed by atoms with Gasteiger partial charge in [-0.05, 0) is 36.8 Å². The molecule has 0 fully saturated rings. The molecule has 1 aromatic heterocycles. The molecule has 2 aromatic rings. The molecule has 1 unspecified atom stereocenters. The summed E-state index contributed by atoms with van der Waals surface area (Å²) in [5.74, 6) is -2.41. The van der Waals surface area contributed by atoms with E-state index in [1.54, 1.807) is 6.92 Å². The van der Waals surface area contributed by atoms with Gasteiger partial charge in [-0.3, -0.25) is 4.79 Å². The molecule has 0 radical (unpaired) electrons. The SMILES string of the molecule is CCC1(CO)COc2c1cc(C(=O)C(F)(F)F)nc2-c1ccc(F)cc1. The fourth-order valence-corrected chi connectivity index (χ4v) is 2.96. The molecule has 0 amide bonds. The average molecular weight is 369 g/mol. The fourth-order valence-electron chi connectivity index (χ4n) is 2.96. The fraction of sp³-hybridized carbons (Fsp3) is 0.333. The normalized spacial score (nSPS) is 19.2. The molecular formula is C18H15F4NO3. The molecule has 1 N–H and O–H groups in total. The number of hydrogen-bond acceptors (Lipinski definition) is 4. The van der Waals surface area contributed by atoms with Crippen LogP contribution in [0.15, 0.2) is 30.3 Å². The summed E-state index contributed by atoms with van der Waals surface area (Å²) < 4.78 is 57.5. The first-order chi connectivity index (χ1) is 12.2. The van der Waals surface area contributed by atoms with Gasteiger partial charge in [-0.15, -0.1) is 0 Å². The summed E-state index contributed by atoms with van der Waals surface area (Å²) in [5.41, 5.74) is -1.09. The lowest BCUT2D eigenvalue weighted by atomic mass is 9.80. The molecule has 0 saturated heterocycles. The van der Waals surface area contributed by atoms with Crippen molar-refractivity contribution in [3.63, 3.8) is 0 Å². The van der Waals surface area contributed by atoms with Crippen LogP contribution in [-0.2, 0) is 5.41 Å². The van der Waals surface area contributed by atoms with Crippen LogP contribution >= 0.6 is 0 Å². The smallest absolute Gasteiger partial charge is 0.456 e. The van der Waals surface area contributed by atoms with Crippen molar-refractivity contribution < 1.29 is 32.2 Å². The summed E-state index contributed by atoms with van der Waals surface area (Å²) in [6.45, 7) is 1.45. The largest absolute Gasteiger partial charge is 0.490 e. The Morgan fingerprint density at radius 3 is 2.50 bits per heavy atom. The number of fused-ring (bicyclic) bond motifs is 1. The second-order valence-electron chi connectivity index (χ2n) is 6.15. The molecular weight excluding hydrogens is 354 g/mol. The maximum Gasteiger partial charge on any atom is 0.456 e. The number of Topliss-reactive ketones (excluding diaryl/α,β-unsaturated/α-hetero) is 1. The van der Waals surface area contributed by atoms with Crippen LogP contribution in [0.25, 0.3) is 11.3 Å². The van der Waals surface area contributed by atoms with E-state index in [-0.39, 0.29) is 24.7 Å². The third-order valence-corrected chi connectivity index (χ3v) is 4.62. The van der Waals surface area contributed by atoms with Gasteiger partial charge in [-0.2, -0.15) is 13.2 Å². The van der Waals surface area contributed by atoms with Gasteiger partial charge in [0.1, 0.15) is 29.6 Å². The highest BCUT2D eigenvalue weighted by Gasteiger charge is 2.45. The van der Waals surface area contributed by atoms with Gasteiger partial charge < -0.3 is 9.84 Å². The van der Waals surface area contributed by atoms with E-state index in [0.29, 0.717) is 17.5 Å². The molecule has 138 valence electrons. The van der Waals surface area contributed by atoms with Gasteiger partial charge in [0.25, 0.3) is 5.78 Å². The van der Waals surface area contributed by atoms with Gasteiger partial charge in [0, 0.05) is 11.1 Å². The van der Waals surface area contributed by atoms with E-state index in [4.69, 9.17) is 4.74 Å². The zero-order valence-electron chi connectivity index (χ0n) is 13.7. The van der Waals surface area contributed by atoms with E-state index in [0.717, 1.165) is 18.2 Å². The Morgan fingerprint density at radius 1 is 1.31 bits per heavy atom. The van der Waals surface area contributed by atoms with Crippen LogP contribution in [0.5, 0.6) is 5.75 Å². The number of ketones is 1. The Balaban J connectivity index is 2.26. The van der Waals surface area contributed by atoms with Crippen LogP contribution in [0.4, 0.5) is 17.6 Å². The van der Waals surface area contributed by atoms with Gasteiger partial charge in [0.05, 0.1) is 12.0 Å². The number of alkyl halides is 3. The molecule has 1 aromatic carbocycles. The number of aliphatic hydroxyl groups excluding tert-OH is 1. The van der Waals surface area contributed by atoms with Crippen molar-refractivity contribution in [1.29, 1.82) is 0 Å². The van der Waals surface area contributed by atoms with Crippen molar-refractivity contribution in [2.75, 3.05) is 13.2 Å². The number of nitrogens with zero attached hydrogens (tertiary/aromatic N) is 1. The third-order valence-electron chi connectivity index (χ3n) is 4.62. The minimum absolute atomic E-state index is 0.0128. The lowest BCUT2D eigenvalue weighted by molar-refractivity contribution is -0.0888. The maximum atomic E-state index is 13.2. The number of benzene rings is 1. The first-order valence-corrected chi connectivity index (χ1v) is 7.88. The minimum atomic E-state index is -5.09. The maximum absolute atomic E-state index is 13.2. The van der Waals surface area contributed by atoms with Crippen LogP contribution in [0.3, 0.4) is 0 Å².